The van der Waals surface area contributed by atoms with Gasteiger partial charge in [-0.2, -0.15) is 0 Å². The fourth-order valence-corrected chi connectivity index (χ4v) is 3.02. The first-order valence-electron chi connectivity index (χ1n) is 8.24. The average Bonchev–Trinajstić information content (AvgIpc) is 3.07. The third-order valence-corrected chi connectivity index (χ3v) is 4.20. The Hall–Kier alpha value is -2.83. The third kappa shape index (κ3) is 3.99. The van der Waals surface area contributed by atoms with Gasteiger partial charge in [-0.25, -0.2) is 4.79 Å². The summed E-state index contributed by atoms with van der Waals surface area (Å²) in [7, 11) is 0. The fraction of sp³-hybridized carbons (Fsp3) is 0.389. The second-order valence-corrected chi connectivity index (χ2v) is 5.99. The van der Waals surface area contributed by atoms with E-state index in [0.29, 0.717) is 17.8 Å². The predicted molar refractivity (Wildman–Crippen MR) is 89.9 cm³/mol. The van der Waals surface area contributed by atoms with Crippen molar-refractivity contribution in [2.24, 2.45) is 0 Å². The van der Waals surface area contributed by atoms with Crippen LogP contribution in [0.15, 0.2) is 27.4 Å². The molecule has 2 aromatic rings. The van der Waals surface area contributed by atoms with Crippen molar-refractivity contribution in [3.8, 4) is 5.75 Å². The van der Waals surface area contributed by atoms with Crippen LogP contribution in [-0.2, 0) is 22.4 Å². The Labute approximate surface area is 143 Å². The molecule has 1 aliphatic carbocycles. The third-order valence-electron chi connectivity index (χ3n) is 4.20. The number of hydrogen-bond donors (Lipinski definition) is 2. The maximum absolute atomic E-state index is 12.0. The quantitative estimate of drug-likeness (QED) is 0.584. The van der Waals surface area contributed by atoms with Crippen LogP contribution in [0.5, 0.6) is 5.75 Å². The molecule has 1 aliphatic rings. The summed E-state index contributed by atoms with van der Waals surface area (Å²) in [5.74, 6) is -0.787. The van der Waals surface area contributed by atoms with Crippen LogP contribution >= 0.6 is 0 Å². The molecule has 0 fully saturated rings. The second-order valence-electron chi connectivity index (χ2n) is 5.99. The number of amides is 1. The molecule has 0 unspecified atom stereocenters. The number of carbonyl (C=O) groups excluding carboxylic acids is 1. The molecule has 3 rings (SSSR count). The predicted octanol–water partition coefficient (Wildman–Crippen LogP) is 1.64. The molecule has 1 heterocycles. The molecule has 1 aromatic heterocycles. The normalized spacial score (nSPS) is 12.8. The summed E-state index contributed by atoms with van der Waals surface area (Å²) in [6.45, 7) is 0.0982. The van der Waals surface area contributed by atoms with E-state index in [9.17, 15) is 14.4 Å². The average molecular weight is 345 g/mol. The number of aliphatic carboxylic acids is 1. The van der Waals surface area contributed by atoms with Crippen molar-refractivity contribution in [3.05, 3.63) is 39.7 Å². The van der Waals surface area contributed by atoms with Crippen molar-refractivity contribution in [1.29, 1.82) is 0 Å². The molecular formula is C18H19NO6. The summed E-state index contributed by atoms with van der Waals surface area (Å²) in [5, 5.41) is 12.0. The lowest BCUT2D eigenvalue weighted by Crippen LogP contribution is -2.29. The van der Waals surface area contributed by atoms with Gasteiger partial charge in [0.05, 0.1) is 0 Å². The Morgan fingerprint density at radius 3 is 2.84 bits per heavy atom. The Morgan fingerprint density at radius 1 is 1.24 bits per heavy atom. The van der Waals surface area contributed by atoms with Crippen LogP contribution in [0.1, 0.15) is 30.4 Å². The molecule has 0 atom stereocenters. The maximum atomic E-state index is 12.0. The van der Waals surface area contributed by atoms with Gasteiger partial charge < -0.3 is 19.6 Å². The minimum atomic E-state index is -0.894. The fourth-order valence-electron chi connectivity index (χ4n) is 3.02. The number of hydrogen-bond acceptors (Lipinski definition) is 5. The van der Waals surface area contributed by atoms with Crippen LogP contribution in [0.25, 0.3) is 11.0 Å². The molecule has 0 radical (unpaired) electrons. The highest BCUT2D eigenvalue weighted by Crippen LogP contribution is 2.29. The SMILES string of the molecule is O=C(O)CCCNC(=O)COc1ccc2c3c(c(=O)oc2c1)CCC3. The summed E-state index contributed by atoms with van der Waals surface area (Å²) in [4.78, 5) is 34.0. The number of ether oxygens (including phenoxy) is 1. The number of carboxylic acid groups (broad SMARTS) is 1. The van der Waals surface area contributed by atoms with E-state index in [2.05, 4.69) is 5.32 Å². The van der Waals surface area contributed by atoms with E-state index in [1.165, 1.54) is 0 Å². The molecule has 0 aliphatic heterocycles. The summed E-state index contributed by atoms with van der Waals surface area (Å²) in [5.41, 5.74) is 1.98. The molecule has 132 valence electrons. The van der Waals surface area contributed by atoms with Gasteiger partial charge in [-0.3, -0.25) is 9.59 Å². The van der Waals surface area contributed by atoms with Gasteiger partial charge in [-0.15, -0.1) is 0 Å². The Morgan fingerprint density at radius 2 is 2.04 bits per heavy atom. The number of benzene rings is 1. The van der Waals surface area contributed by atoms with Crippen LogP contribution < -0.4 is 15.7 Å². The minimum absolute atomic E-state index is 0.00909. The van der Waals surface area contributed by atoms with Crippen molar-refractivity contribution in [1.82, 2.24) is 5.32 Å². The maximum Gasteiger partial charge on any atom is 0.339 e. The standard InChI is InChI=1S/C18H19NO6/c20-16(19-8-2-5-17(21)22)10-24-11-6-7-13-12-3-1-4-14(12)18(23)25-15(13)9-11/h6-7,9H,1-5,8,10H2,(H,19,20)(H,21,22). The first-order valence-corrected chi connectivity index (χ1v) is 8.24. The lowest BCUT2D eigenvalue weighted by molar-refractivity contribution is -0.137. The van der Waals surface area contributed by atoms with E-state index in [1.807, 2.05) is 6.07 Å². The van der Waals surface area contributed by atoms with E-state index >= 15 is 0 Å². The highest BCUT2D eigenvalue weighted by Gasteiger charge is 2.19. The molecule has 2 N–H and O–H groups in total. The van der Waals surface area contributed by atoms with Gasteiger partial charge in [0.15, 0.2) is 6.61 Å². The highest BCUT2D eigenvalue weighted by molar-refractivity contribution is 5.83. The summed E-state index contributed by atoms with van der Waals surface area (Å²) >= 11 is 0. The van der Waals surface area contributed by atoms with Crippen LogP contribution in [0.3, 0.4) is 0 Å². The highest BCUT2D eigenvalue weighted by atomic mass is 16.5. The van der Waals surface area contributed by atoms with Crippen molar-refractivity contribution < 1.29 is 23.8 Å². The molecule has 7 heteroatoms. The zero-order chi connectivity index (χ0) is 17.8. The lowest BCUT2D eigenvalue weighted by atomic mass is 10.1. The van der Waals surface area contributed by atoms with Crippen molar-refractivity contribution in [2.75, 3.05) is 13.2 Å². The van der Waals surface area contributed by atoms with E-state index in [0.717, 1.165) is 35.8 Å². The number of nitrogens with one attached hydrogen (secondary N) is 1. The number of carboxylic acids is 1. The Kier molecular flexibility index (Phi) is 5.02. The number of rotatable bonds is 7. The molecule has 0 saturated carbocycles. The molecule has 1 amide bonds. The Bertz CT molecular complexity index is 870. The minimum Gasteiger partial charge on any atom is -0.484 e. The van der Waals surface area contributed by atoms with Gasteiger partial charge in [0.2, 0.25) is 0 Å². The number of carbonyl (C=O) groups is 2. The van der Waals surface area contributed by atoms with E-state index in [-0.39, 0.29) is 31.1 Å². The van der Waals surface area contributed by atoms with Crippen molar-refractivity contribution in [3.63, 3.8) is 0 Å². The monoisotopic (exact) mass is 345 g/mol. The topological polar surface area (TPSA) is 106 Å². The number of fused-ring (bicyclic) bond motifs is 3. The zero-order valence-electron chi connectivity index (χ0n) is 13.7. The molecule has 7 nitrogen and oxygen atoms in total. The first-order chi connectivity index (χ1) is 12.0. The summed E-state index contributed by atoms with van der Waals surface area (Å²) in [6, 6.07) is 5.22. The van der Waals surface area contributed by atoms with E-state index in [4.69, 9.17) is 14.3 Å². The van der Waals surface area contributed by atoms with Crippen LogP contribution in [-0.4, -0.2) is 30.1 Å². The van der Waals surface area contributed by atoms with Crippen molar-refractivity contribution >= 4 is 22.8 Å². The summed E-state index contributed by atoms with van der Waals surface area (Å²) in [6.07, 6.45) is 2.96. The van der Waals surface area contributed by atoms with Crippen molar-refractivity contribution in [2.45, 2.75) is 32.1 Å². The summed E-state index contributed by atoms with van der Waals surface area (Å²) < 4.78 is 10.8. The molecule has 25 heavy (non-hydrogen) atoms. The second kappa shape index (κ2) is 7.38. The van der Waals surface area contributed by atoms with Crippen LogP contribution in [0, 0.1) is 0 Å². The van der Waals surface area contributed by atoms with Gasteiger partial charge in [-0.1, -0.05) is 0 Å². The van der Waals surface area contributed by atoms with Gasteiger partial charge in [0.25, 0.3) is 5.91 Å². The van der Waals surface area contributed by atoms with Gasteiger partial charge in [0, 0.05) is 30.0 Å². The van der Waals surface area contributed by atoms with Gasteiger partial charge in [0.1, 0.15) is 11.3 Å². The smallest absolute Gasteiger partial charge is 0.339 e. The van der Waals surface area contributed by atoms with Crippen LogP contribution in [0.2, 0.25) is 0 Å². The molecule has 0 bridgehead atoms. The number of aryl methyl sites for hydroxylation is 1. The van der Waals surface area contributed by atoms with E-state index in [1.54, 1.807) is 12.1 Å². The van der Waals surface area contributed by atoms with E-state index < -0.39 is 5.97 Å². The molecule has 0 spiro atoms. The van der Waals surface area contributed by atoms with Crippen LogP contribution in [0.4, 0.5) is 0 Å². The Balaban J connectivity index is 1.61. The molecule has 1 aromatic carbocycles. The lowest BCUT2D eigenvalue weighted by Gasteiger charge is -2.09. The van der Waals surface area contributed by atoms with Gasteiger partial charge in [-0.05, 0) is 43.4 Å². The largest absolute Gasteiger partial charge is 0.484 e. The molecular weight excluding hydrogens is 326 g/mol. The first kappa shape index (κ1) is 17.0. The van der Waals surface area contributed by atoms with Gasteiger partial charge >= 0.3 is 11.6 Å². The molecule has 0 saturated heterocycles. The zero-order valence-corrected chi connectivity index (χ0v) is 13.7.